The van der Waals surface area contributed by atoms with E-state index in [9.17, 15) is 14.0 Å². The number of benzene rings is 1. The summed E-state index contributed by atoms with van der Waals surface area (Å²) in [5.41, 5.74) is -0.471. The normalized spacial score (nSPS) is 16.1. The number of carbonyl (C=O) groups excluding carboxylic acids is 2. The smallest absolute Gasteiger partial charge is 0.254 e. The van der Waals surface area contributed by atoms with Gasteiger partial charge < -0.3 is 14.5 Å². The molecule has 1 aliphatic heterocycles. The third kappa shape index (κ3) is 3.44. The minimum atomic E-state index is -0.950. The fourth-order valence-corrected chi connectivity index (χ4v) is 2.35. The second-order valence-corrected chi connectivity index (χ2v) is 5.85. The van der Waals surface area contributed by atoms with Crippen molar-refractivity contribution in [1.82, 2.24) is 9.80 Å². The topological polar surface area (TPSA) is 49.9 Å². The van der Waals surface area contributed by atoms with Crippen molar-refractivity contribution in [2.45, 2.75) is 26.0 Å². The number of ether oxygens (including phenoxy) is 1. The highest BCUT2D eigenvalue weighted by molar-refractivity contribution is 5.90. The summed E-state index contributed by atoms with van der Waals surface area (Å²) in [6.07, 6.45) is 0. The van der Waals surface area contributed by atoms with Crippen LogP contribution in [0.2, 0.25) is 0 Å². The zero-order valence-corrected chi connectivity index (χ0v) is 13.1. The van der Waals surface area contributed by atoms with E-state index in [1.807, 2.05) is 0 Å². The van der Waals surface area contributed by atoms with Crippen LogP contribution in [0.1, 0.15) is 19.4 Å². The van der Waals surface area contributed by atoms with Crippen LogP contribution in [0, 0.1) is 5.82 Å². The molecule has 1 aliphatic rings. The van der Waals surface area contributed by atoms with Gasteiger partial charge in [-0.2, -0.15) is 0 Å². The van der Waals surface area contributed by atoms with Crippen molar-refractivity contribution in [3.63, 3.8) is 0 Å². The lowest BCUT2D eigenvalue weighted by molar-refractivity contribution is -0.158. The number of piperazine rings is 1. The highest BCUT2D eigenvalue weighted by Gasteiger charge is 2.36. The molecule has 1 fully saturated rings. The first-order chi connectivity index (χ1) is 10.3. The van der Waals surface area contributed by atoms with Gasteiger partial charge in [-0.1, -0.05) is 18.2 Å². The maximum atomic E-state index is 13.7. The molecule has 0 radical (unpaired) electrons. The summed E-state index contributed by atoms with van der Waals surface area (Å²) in [5, 5.41) is 0. The molecule has 0 atom stereocenters. The van der Waals surface area contributed by atoms with Gasteiger partial charge in [0, 0.05) is 32.3 Å². The Morgan fingerprint density at radius 3 is 2.59 bits per heavy atom. The van der Waals surface area contributed by atoms with Crippen molar-refractivity contribution in [2.75, 3.05) is 26.7 Å². The zero-order chi connectivity index (χ0) is 16.3. The Hall–Kier alpha value is -1.95. The molecule has 22 heavy (non-hydrogen) atoms. The van der Waals surface area contributed by atoms with Gasteiger partial charge in [0.05, 0.1) is 6.54 Å². The maximum Gasteiger partial charge on any atom is 0.254 e. The number of rotatable bonds is 4. The van der Waals surface area contributed by atoms with Crippen LogP contribution in [0.5, 0.6) is 0 Å². The lowest BCUT2D eigenvalue weighted by atomic mass is 10.1. The first-order valence-electron chi connectivity index (χ1n) is 7.21. The molecule has 5 nitrogen and oxygen atoms in total. The van der Waals surface area contributed by atoms with Gasteiger partial charge in [-0.25, -0.2) is 4.39 Å². The summed E-state index contributed by atoms with van der Waals surface area (Å²) in [5.74, 6) is -0.724. The molecule has 0 saturated carbocycles. The molecule has 0 aromatic heterocycles. The molecular weight excluding hydrogens is 287 g/mol. The monoisotopic (exact) mass is 308 g/mol. The van der Waals surface area contributed by atoms with Crippen LogP contribution in [-0.2, 0) is 20.9 Å². The summed E-state index contributed by atoms with van der Waals surface area (Å²) in [6.45, 7) is 4.38. The van der Waals surface area contributed by atoms with Gasteiger partial charge in [0.25, 0.3) is 5.91 Å². The molecule has 1 aromatic carbocycles. The number of nitrogens with zero attached hydrogens (tertiary/aromatic N) is 2. The first kappa shape index (κ1) is 16.4. The third-order valence-electron chi connectivity index (χ3n) is 3.95. The van der Waals surface area contributed by atoms with Crippen LogP contribution in [0.4, 0.5) is 4.39 Å². The van der Waals surface area contributed by atoms with E-state index in [4.69, 9.17) is 4.74 Å². The number of halogens is 1. The van der Waals surface area contributed by atoms with Crippen LogP contribution in [0.15, 0.2) is 24.3 Å². The summed E-state index contributed by atoms with van der Waals surface area (Å²) in [4.78, 5) is 27.6. The van der Waals surface area contributed by atoms with Crippen LogP contribution < -0.4 is 0 Å². The fourth-order valence-electron chi connectivity index (χ4n) is 2.35. The Labute approximate surface area is 129 Å². The van der Waals surface area contributed by atoms with Crippen molar-refractivity contribution in [3.8, 4) is 0 Å². The standard InChI is InChI=1S/C16H21FN2O3/c1-16(2,22-3)15(21)19-9-8-18(14(20)11-19)10-12-6-4-5-7-13(12)17/h4-7H,8-11H2,1-3H3. The van der Waals surface area contributed by atoms with Crippen LogP contribution in [0.25, 0.3) is 0 Å². The Balaban J connectivity index is 2.00. The van der Waals surface area contributed by atoms with Crippen LogP contribution in [-0.4, -0.2) is 54.0 Å². The quantitative estimate of drug-likeness (QED) is 0.845. The number of hydrogen-bond donors (Lipinski definition) is 0. The minimum Gasteiger partial charge on any atom is -0.369 e. The molecule has 1 aromatic rings. The van der Waals surface area contributed by atoms with Gasteiger partial charge >= 0.3 is 0 Å². The van der Waals surface area contributed by atoms with E-state index < -0.39 is 5.60 Å². The van der Waals surface area contributed by atoms with E-state index in [1.165, 1.54) is 18.1 Å². The number of hydrogen-bond acceptors (Lipinski definition) is 3. The van der Waals surface area contributed by atoms with Crippen molar-refractivity contribution in [1.29, 1.82) is 0 Å². The summed E-state index contributed by atoms with van der Waals surface area (Å²) in [6, 6.07) is 6.39. The Bertz CT molecular complexity index is 574. The number of carbonyl (C=O) groups is 2. The highest BCUT2D eigenvalue weighted by Crippen LogP contribution is 2.17. The molecule has 1 heterocycles. The molecule has 0 spiro atoms. The lowest BCUT2D eigenvalue weighted by Crippen LogP contribution is -2.56. The van der Waals surface area contributed by atoms with Crippen molar-refractivity contribution in [3.05, 3.63) is 35.6 Å². The summed E-state index contributed by atoms with van der Waals surface area (Å²) in [7, 11) is 1.47. The molecule has 120 valence electrons. The Morgan fingerprint density at radius 1 is 1.32 bits per heavy atom. The highest BCUT2D eigenvalue weighted by atomic mass is 19.1. The molecular formula is C16H21FN2O3. The fraction of sp³-hybridized carbons (Fsp3) is 0.500. The number of methoxy groups -OCH3 is 1. The van der Waals surface area contributed by atoms with Gasteiger partial charge in [0.2, 0.25) is 5.91 Å². The SMILES string of the molecule is COC(C)(C)C(=O)N1CCN(Cc2ccccc2F)C(=O)C1. The van der Waals surface area contributed by atoms with E-state index in [1.54, 1.807) is 36.9 Å². The van der Waals surface area contributed by atoms with Crippen molar-refractivity contribution < 1.29 is 18.7 Å². The third-order valence-corrected chi connectivity index (χ3v) is 3.95. The predicted molar refractivity (Wildman–Crippen MR) is 79.5 cm³/mol. The van der Waals surface area contributed by atoms with E-state index in [0.29, 0.717) is 18.7 Å². The predicted octanol–water partition coefficient (Wildman–Crippen LogP) is 1.42. The van der Waals surface area contributed by atoms with E-state index in [2.05, 4.69) is 0 Å². The van der Waals surface area contributed by atoms with Crippen molar-refractivity contribution in [2.24, 2.45) is 0 Å². The van der Waals surface area contributed by atoms with Crippen molar-refractivity contribution >= 4 is 11.8 Å². The number of amides is 2. The summed E-state index contributed by atoms with van der Waals surface area (Å²) >= 11 is 0. The molecule has 0 aliphatic carbocycles. The zero-order valence-electron chi connectivity index (χ0n) is 13.1. The Morgan fingerprint density at radius 2 is 2.00 bits per heavy atom. The Kier molecular flexibility index (Phi) is 4.81. The van der Waals surface area contributed by atoms with Gasteiger partial charge in [-0.15, -0.1) is 0 Å². The van der Waals surface area contributed by atoms with Gasteiger partial charge in [0.15, 0.2) is 0 Å². The van der Waals surface area contributed by atoms with Gasteiger partial charge in [-0.05, 0) is 19.9 Å². The van der Waals surface area contributed by atoms with Gasteiger partial charge in [0.1, 0.15) is 11.4 Å². The van der Waals surface area contributed by atoms with Gasteiger partial charge in [-0.3, -0.25) is 9.59 Å². The van der Waals surface area contributed by atoms with E-state index in [-0.39, 0.29) is 30.7 Å². The molecule has 2 amide bonds. The lowest BCUT2D eigenvalue weighted by Gasteiger charge is -2.37. The van der Waals surface area contributed by atoms with Crippen LogP contribution in [0.3, 0.4) is 0 Å². The largest absolute Gasteiger partial charge is 0.369 e. The average Bonchev–Trinajstić information content (AvgIpc) is 2.50. The second-order valence-electron chi connectivity index (χ2n) is 5.85. The second kappa shape index (κ2) is 6.44. The van der Waals surface area contributed by atoms with E-state index in [0.717, 1.165) is 0 Å². The molecule has 2 rings (SSSR count). The molecule has 0 bridgehead atoms. The molecule has 0 unspecified atom stereocenters. The minimum absolute atomic E-state index is 0.0000753. The van der Waals surface area contributed by atoms with E-state index >= 15 is 0 Å². The summed E-state index contributed by atoms with van der Waals surface area (Å²) < 4.78 is 18.8. The molecule has 6 heteroatoms. The van der Waals surface area contributed by atoms with Crippen LogP contribution >= 0.6 is 0 Å². The first-order valence-corrected chi connectivity index (χ1v) is 7.21. The average molecular weight is 308 g/mol. The molecule has 1 saturated heterocycles. The maximum absolute atomic E-state index is 13.7. The molecule has 0 N–H and O–H groups in total.